The molecule has 1 aliphatic rings. The Morgan fingerprint density at radius 3 is 2.93 bits per heavy atom. The van der Waals surface area contributed by atoms with Crippen molar-refractivity contribution < 1.29 is 0 Å². The van der Waals surface area contributed by atoms with Gasteiger partial charge in [-0.25, -0.2) is 0 Å². The molecule has 0 fully saturated rings. The summed E-state index contributed by atoms with van der Waals surface area (Å²) in [5.41, 5.74) is 4.48. The maximum absolute atomic E-state index is 4.36. The summed E-state index contributed by atoms with van der Waals surface area (Å²) in [7, 11) is 0. The average Bonchev–Trinajstić information content (AvgIpc) is 2.68. The molecule has 0 spiro atoms. The van der Waals surface area contributed by atoms with Crippen LogP contribution in [0, 0.1) is 0 Å². The van der Waals surface area contributed by atoms with Gasteiger partial charge in [-0.1, -0.05) is 18.2 Å². The average molecular weight is 184 g/mol. The molecule has 1 aliphatic heterocycles. The number of aliphatic imine (C=N–C) groups is 1. The molecule has 0 N–H and O–H groups in total. The number of pyridine rings is 1. The number of rotatable bonds is 2. The first-order valence-corrected chi connectivity index (χ1v) is 4.59. The summed E-state index contributed by atoms with van der Waals surface area (Å²) < 4.78 is 0. The predicted octanol–water partition coefficient (Wildman–Crippen LogP) is 2.73. The summed E-state index contributed by atoms with van der Waals surface area (Å²) in [4.78, 5) is 8.44. The lowest BCUT2D eigenvalue weighted by molar-refractivity contribution is 1.27. The molecular formula is C12H12N2. The topological polar surface area (TPSA) is 25.2 Å². The molecule has 0 saturated heterocycles. The first-order valence-electron chi connectivity index (χ1n) is 4.59. The third-order valence-corrected chi connectivity index (χ3v) is 2.28. The predicted molar refractivity (Wildman–Crippen MR) is 58.3 cm³/mol. The van der Waals surface area contributed by atoms with E-state index in [9.17, 15) is 0 Å². The van der Waals surface area contributed by atoms with Crippen LogP contribution >= 0.6 is 0 Å². The first-order chi connectivity index (χ1) is 6.77. The van der Waals surface area contributed by atoms with Gasteiger partial charge in [-0.15, -0.1) is 0 Å². The molecule has 2 nitrogen and oxygen atoms in total. The van der Waals surface area contributed by atoms with Gasteiger partial charge in [0.25, 0.3) is 0 Å². The van der Waals surface area contributed by atoms with Gasteiger partial charge in [0.2, 0.25) is 0 Å². The van der Waals surface area contributed by atoms with Gasteiger partial charge in [0.15, 0.2) is 0 Å². The molecule has 2 rings (SSSR count). The molecule has 70 valence electrons. The molecule has 0 saturated carbocycles. The van der Waals surface area contributed by atoms with Gasteiger partial charge in [0, 0.05) is 30.6 Å². The van der Waals surface area contributed by atoms with Crippen molar-refractivity contribution >= 4 is 5.71 Å². The van der Waals surface area contributed by atoms with E-state index in [0.717, 1.165) is 23.3 Å². The van der Waals surface area contributed by atoms with Crippen molar-refractivity contribution in [3.63, 3.8) is 0 Å². The molecule has 0 aliphatic carbocycles. The van der Waals surface area contributed by atoms with Crippen LogP contribution in [0.4, 0.5) is 0 Å². The van der Waals surface area contributed by atoms with Crippen LogP contribution in [0.25, 0.3) is 0 Å². The zero-order valence-electron chi connectivity index (χ0n) is 8.20. The van der Waals surface area contributed by atoms with Gasteiger partial charge < -0.3 is 0 Å². The van der Waals surface area contributed by atoms with E-state index >= 15 is 0 Å². The molecule has 1 aromatic heterocycles. The van der Waals surface area contributed by atoms with Gasteiger partial charge in [-0.3, -0.25) is 9.98 Å². The largest absolute Gasteiger partial charge is 0.264 e. The maximum atomic E-state index is 4.36. The normalized spacial score (nSPS) is 14.9. The standard InChI is InChI=1S/C12H12N2/c1-9(2)11-6-12(14-8-11)10-4-3-5-13-7-10/h3-5,7-8H,1,6H2,2H3. The van der Waals surface area contributed by atoms with Crippen molar-refractivity contribution in [1.29, 1.82) is 0 Å². The van der Waals surface area contributed by atoms with Crippen molar-refractivity contribution in [1.82, 2.24) is 4.98 Å². The minimum atomic E-state index is 0.876. The highest BCUT2D eigenvalue weighted by atomic mass is 14.7. The number of aromatic nitrogens is 1. The summed E-state index contributed by atoms with van der Waals surface area (Å²) in [5, 5.41) is 0. The number of hydrogen-bond donors (Lipinski definition) is 0. The molecule has 0 bridgehead atoms. The lowest BCUT2D eigenvalue weighted by atomic mass is 10.0. The molecule has 0 aromatic carbocycles. The zero-order chi connectivity index (χ0) is 9.97. The molecule has 2 heterocycles. The third kappa shape index (κ3) is 1.64. The Hall–Kier alpha value is -1.70. The fraction of sp³-hybridized carbons (Fsp3) is 0.167. The highest BCUT2D eigenvalue weighted by Crippen LogP contribution is 2.21. The van der Waals surface area contributed by atoms with E-state index in [1.165, 1.54) is 5.57 Å². The van der Waals surface area contributed by atoms with E-state index < -0.39 is 0 Å². The van der Waals surface area contributed by atoms with E-state index in [2.05, 4.69) is 16.6 Å². The van der Waals surface area contributed by atoms with Crippen molar-refractivity contribution in [3.05, 3.63) is 54.0 Å². The van der Waals surface area contributed by atoms with Gasteiger partial charge >= 0.3 is 0 Å². The van der Waals surface area contributed by atoms with Crippen LogP contribution in [0.15, 0.2) is 53.4 Å². The highest BCUT2D eigenvalue weighted by molar-refractivity contribution is 6.03. The Morgan fingerprint density at radius 1 is 1.50 bits per heavy atom. The lowest BCUT2D eigenvalue weighted by Crippen LogP contribution is -1.98. The summed E-state index contributed by atoms with van der Waals surface area (Å²) in [6.07, 6.45) is 6.38. The fourth-order valence-corrected chi connectivity index (χ4v) is 1.40. The van der Waals surface area contributed by atoms with Crippen molar-refractivity contribution in [2.24, 2.45) is 4.99 Å². The minimum absolute atomic E-state index is 0.876. The van der Waals surface area contributed by atoms with E-state index in [1.54, 1.807) is 6.20 Å². The van der Waals surface area contributed by atoms with Crippen LogP contribution in [0.3, 0.4) is 0 Å². The quantitative estimate of drug-likeness (QED) is 0.693. The third-order valence-electron chi connectivity index (χ3n) is 2.28. The monoisotopic (exact) mass is 184 g/mol. The molecule has 14 heavy (non-hydrogen) atoms. The van der Waals surface area contributed by atoms with Crippen LogP contribution in [0.1, 0.15) is 18.9 Å². The Bertz CT molecular complexity index is 413. The van der Waals surface area contributed by atoms with E-state index in [4.69, 9.17) is 0 Å². The maximum Gasteiger partial charge on any atom is 0.0535 e. The molecule has 1 aromatic rings. The second-order valence-corrected chi connectivity index (χ2v) is 3.43. The van der Waals surface area contributed by atoms with Gasteiger partial charge in [0.05, 0.1) is 5.71 Å². The highest BCUT2D eigenvalue weighted by Gasteiger charge is 2.12. The van der Waals surface area contributed by atoms with Crippen LogP contribution in [0.5, 0.6) is 0 Å². The Kier molecular flexibility index (Phi) is 2.27. The van der Waals surface area contributed by atoms with Crippen LogP contribution < -0.4 is 0 Å². The first kappa shape index (κ1) is 8.88. The van der Waals surface area contributed by atoms with Crippen molar-refractivity contribution in [2.75, 3.05) is 0 Å². The Balaban J connectivity index is 2.17. The molecule has 0 atom stereocenters. The number of allylic oxidation sites excluding steroid dienone is 2. The van der Waals surface area contributed by atoms with Gasteiger partial charge in [0.1, 0.15) is 0 Å². The van der Waals surface area contributed by atoms with Crippen molar-refractivity contribution in [3.8, 4) is 0 Å². The molecule has 0 radical (unpaired) electrons. The Morgan fingerprint density at radius 2 is 2.36 bits per heavy atom. The number of nitrogens with zero attached hydrogens (tertiary/aromatic N) is 2. The van der Waals surface area contributed by atoms with Crippen LogP contribution in [-0.4, -0.2) is 10.7 Å². The summed E-state index contributed by atoms with van der Waals surface area (Å²) in [6.45, 7) is 5.92. The SMILES string of the molecule is C=C(C)C1=CN=C(c2cccnc2)C1. The Labute approximate surface area is 83.7 Å². The molecule has 2 heteroatoms. The van der Waals surface area contributed by atoms with E-state index in [1.807, 2.05) is 31.5 Å². The lowest BCUT2D eigenvalue weighted by Gasteiger charge is -2.01. The second kappa shape index (κ2) is 3.58. The smallest absolute Gasteiger partial charge is 0.0535 e. The van der Waals surface area contributed by atoms with Gasteiger partial charge in [-0.2, -0.15) is 0 Å². The van der Waals surface area contributed by atoms with Crippen molar-refractivity contribution in [2.45, 2.75) is 13.3 Å². The zero-order valence-corrected chi connectivity index (χ0v) is 8.20. The van der Waals surface area contributed by atoms with Crippen LogP contribution in [0.2, 0.25) is 0 Å². The minimum Gasteiger partial charge on any atom is -0.264 e. The summed E-state index contributed by atoms with van der Waals surface area (Å²) >= 11 is 0. The number of hydrogen-bond acceptors (Lipinski definition) is 2. The molecular weight excluding hydrogens is 172 g/mol. The second-order valence-electron chi connectivity index (χ2n) is 3.43. The summed E-state index contributed by atoms with van der Waals surface area (Å²) in [6, 6.07) is 3.96. The molecule has 0 amide bonds. The molecule has 0 unspecified atom stereocenters. The van der Waals surface area contributed by atoms with Crippen LogP contribution in [-0.2, 0) is 0 Å². The summed E-state index contributed by atoms with van der Waals surface area (Å²) in [5.74, 6) is 0. The van der Waals surface area contributed by atoms with Gasteiger partial charge in [-0.05, 0) is 18.6 Å². The van der Waals surface area contributed by atoms with E-state index in [-0.39, 0.29) is 0 Å². The van der Waals surface area contributed by atoms with E-state index in [0.29, 0.717) is 0 Å². The fourth-order valence-electron chi connectivity index (χ4n) is 1.40.